The van der Waals surface area contributed by atoms with E-state index in [-0.39, 0.29) is 11.3 Å². The Kier molecular flexibility index (Phi) is 5.81. The SMILES string of the molecule is CCCC(C)(O)CNC(=O)C(C)(C)C1CCCNC1. The summed E-state index contributed by atoms with van der Waals surface area (Å²) < 4.78 is 0. The van der Waals surface area contributed by atoms with Crippen molar-refractivity contribution in [3.8, 4) is 0 Å². The molecule has 1 aliphatic rings. The second-order valence-corrected chi connectivity index (χ2v) is 6.69. The van der Waals surface area contributed by atoms with Crippen LogP contribution in [0.1, 0.15) is 53.4 Å². The van der Waals surface area contributed by atoms with E-state index in [4.69, 9.17) is 0 Å². The lowest BCUT2D eigenvalue weighted by Crippen LogP contribution is -2.50. The van der Waals surface area contributed by atoms with Crippen molar-refractivity contribution in [2.75, 3.05) is 19.6 Å². The van der Waals surface area contributed by atoms with E-state index in [0.29, 0.717) is 18.9 Å². The molecule has 1 aliphatic heterocycles. The molecule has 1 amide bonds. The Morgan fingerprint density at radius 2 is 2.11 bits per heavy atom. The summed E-state index contributed by atoms with van der Waals surface area (Å²) in [5, 5.41) is 16.4. The number of piperidine rings is 1. The predicted molar refractivity (Wildman–Crippen MR) is 77.9 cm³/mol. The molecule has 0 radical (unpaired) electrons. The molecule has 2 atom stereocenters. The zero-order chi connectivity index (χ0) is 14.5. The second-order valence-electron chi connectivity index (χ2n) is 6.69. The molecule has 3 N–H and O–H groups in total. The molecule has 4 nitrogen and oxygen atoms in total. The molecular weight excluding hydrogens is 240 g/mol. The quantitative estimate of drug-likeness (QED) is 0.688. The predicted octanol–water partition coefficient (Wildman–Crippen LogP) is 1.68. The third kappa shape index (κ3) is 4.77. The number of carbonyl (C=O) groups is 1. The van der Waals surface area contributed by atoms with Gasteiger partial charge >= 0.3 is 0 Å². The van der Waals surface area contributed by atoms with Crippen molar-refractivity contribution in [1.82, 2.24) is 10.6 Å². The number of rotatable bonds is 6. The van der Waals surface area contributed by atoms with Crippen LogP contribution in [0.4, 0.5) is 0 Å². The first kappa shape index (κ1) is 16.4. The van der Waals surface area contributed by atoms with Crippen LogP contribution in [0, 0.1) is 11.3 Å². The van der Waals surface area contributed by atoms with E-state index in [9.17, 15) is 9.90 Å². The number of nitrogens with one attached hydrogen (secondary N) is 2. The highest BCUT2D eigenvalue weighted by molar-refractivity contribution is 5.82. The summed E-state index contributed by atoms with van der Waals surface area (Å²) in [5.41, 5.74) is -1.18. The Morgan fingerprint density at radius 3 is 2.63 bits per heavy atom. The molecular formula is C15H30N2O2. The van der Waals surface area contributed by atoms with Gasteiger partial charge in [-0.05, 0) is 45.2 Å². The monoisotopic (exact) mass is 270 g/mol. The number of aliphatic hydroxyl groups is 1. The Hall–Kier alpha value is -0.610. The van der Waals surface area contributed by atoms with Crippen LogP contribution in [0.2, 0.25) is 0 Å². The molecule has 1 heterocycles. The molecule has 0 spiro atoms. The maximum absolute atomic E-state index is 12.4. The third-order valence-electron chi connectivity index (χ3n) is 4.32. The molecule has 0 aromatic heterocycles. The lowest BCUT2D eigenvalue weighted by Gasteiger charge is -2.36. The van der Waals surface area contributed by atoms with Crippen LogP contribution >= 0.6 is 0 Å². The molecule has 0 bridgehead atoms. The van der Waals surface area contributed by atoms with Crippen molar-refractivity contribution in [3.63, 3.8) is 0 Å². The summed E-state index contributed by atoms with van der Waals surface area (Å²) in [6, 6.07) is 0. The molecule has 1 rings (SSSR count). The van der Waals surface area contributed by atoms with Gasteiger partial charge in [-0.15, -0.1) is 0 Å². The van der Waals surface area contributed by atoms with Gasteiger partial charge in [0.05, 0.1) is 5.60 Å². The molecule has 0 aromatic rings. The van der Waals surface area contributed by atoms with Crippen molar-refractivity contribution < 1.29 is 9.90 Å². The normalized spacial score (nSPS) is 23.7. The summed E-state index contributed by atoms with van der Waals surface area (Å²) in [4.78, 5) is 12.4. The number of hydrogen-bond donors (Lipinski definition) is 3. The highest BCUT2D eigenvalue weighted by atomic mass is 16.3. The topological polar surface area (TPSA) is 61.4 Å². The molecule has 0 aliphatic carbocycles. The van der Waals surface area contributed by atoms with E-state index in [1.165, 1.54) is 0 Å². The van der Waals surface area contributed by atoms with E-state index < -0.39 is 5.60 Å². The maximum atomic E-state index is 12.4. The van der Waals surface area contributed by atoms with Gasteiger partial charge in [-0.1, -0.05) is 27.2 Å². The molecule has 2 unspecified atom stereocenters. The minimum Gasteiger partial charge on any atom is -0.388 e. The second kappa shape index (κ2) is 6.71. The summed E-state index contributed by atoms with van der Waals surface area (Å²) in [6.07, 6.45) is 3.85. The van der Waals surface area contributed by atoms with Crippen LogP contribution in [0.5, 0.6) is 0 Å². The fourth-order valence-electron chi connectivity index (χ4n) is 2.78. The third-order valence-corrected chi connectivity index (χ3v) is 4.32. The van der Waals surface area contributed by atoms with Crippen LogP contribution in [0.15, 0.2) is 0 Å². The van der Waals surface area contributed by atoms with Gasteiger partial charge in [-0.25, -0.2) is 0 Å². The smallest absolute Gasteiger partial charge is 0.226 e. The van der Waals surface area contributed by atoms with Gasteiger partial charge < -0.3 is 15.7 Å². The molecule has 19 heavy (non-hydrogen) atoms. The fraction of sp³-hybridized carbons (Fsp3) is 0.933. The van der Waals surface area contributed by atoms with E-state index in [1.807, 2.05) is 20.8 Å². The van der Waals surface area contributed by atoms with Gasteiger partial charge in [0.15, 0.2) is 0 Å². The van der Waals surface area contributed by atoms with Gasteiger partial charge in [0, 0.05) is 12.0 Å². The first-order valence-corrected chi connectivity index (χ1v) is 7.51. The van der Waals surface area contributed by atoms with Crippen LogP contribution in [-0.2, 0) is 4.79 Å². The van der Waals surface area contributed by atoms with Gasteiger partial charge in [0.25, 0.3) is 0 Å². The molecule has 112 valence electrons. The Morgan fingerprint density at radius 1 is 1.42 bits per heavy atom. The van der Waals surface area contributed by atoms with Gasteiger partial charge in [0.1, 0.15) is 0 Å². The standard InChI is InChI=1S/C15H30N2O2/c1-5-8-15(4,19)11-17-13(18)14(2,3)12-7-6-9-16-10-12/h12,16,19H,5-11H2,1-4H3,(H,17,18). The summed E-state index contributed by atoms with van der Waals surface area (Å²) in [6.45, 7) is 10.1. The molecule has 4 heteroatoms. The highest BCUT2D eigenvalue weighted by Gasteiger charge is 2.37. The van der Waals surface area contributed by atoms with Crippen LogP contribution < -0.4 is 10.6 Å². The minimum absolute atomic E-state index is 0.0533. The number of carbonyl (C=O) groups excluding carboxylic acids is 1. The van der Waals surface area contributed by atoms with Crippen LogP contribution in [0.3, 0.4) is 0 Å². The average molecular weight is 270 g/mol. The first-order valence-electron chi connectivity index (χ1n) is 7.51. The van der Waals surface area contributed by atoms with E-state index in [0.717, 1.165) is 32.4 Å². The van der Waals surface area contributed by atoms with Crippen molar-refractivity contribution in [1.29, 1.82) is 0 Å². The number of amides is 1. The van der Waals surface area contributed by atoms with E-state index in [1.54, 1.807) is 6.92 Å². The average Bonchev–Trinajstić information content (AvgIpc) is 2.37. The zero-order valence-corrected chi connectivity index (χ0v) is 12.9. The Bertz CT molecular complexity index is 295. The summed E-state index contributed by atoms with van der Waals surface area (Å²) in [7, 11) is 0. The van der Waals surface area contributed by atoms with Crippen LogP contribution in [0.25, 0.3) is 0 Å². The lowest BCUT2D eigenvalue weighted by atomic mass is 9.74. The van der Waals surface area contributed by atoms with Gasteiger partial charge in [-0.3, -0.25) is 4.79 Å². The van der Waals surface area contributed by atoms with Crippen molar-refractivity contribution in [2.24, 2.45) is 11.3 Å². The van der Waals surface area contributed by atoms with E-state index in [2.05, 4.69) is 10.6 Å². The fourth-order valence-corrected chi connectivity index (χ4v) is 2.78. The molecule has 0 aromatic carbocycles. The van der Waals surface area contributed by atoms with Crippen molar-refractivity contribution >= 4 is 5.91 Å². The Labute approximate surface area is 117 Å². The zero-order valence-electron chi connectivity index (χ0n) is 12.9. The van der Waals surface area contributed by atoms with E-state index >= 15 is 0 Å². The first-order chi connectivity index (χ1) is 8.79. The van der Waals surface area contributed by atoms with Crippen molar-refractivity contribution in [3.05, 3.63) is 0 Å². The van der Waals surface area contributed by atoms with Crippen LogP contribution in [-0.4, -0.2) is 36.2 Å². The largest absolute Gasteiger partial charge is 0.388 e. The van der Waals surface area contributed by atoms with Gasteiger partial charge in [0.2, 0.25) is 5.91 Å². The lowest BCUT2D eigenvalue weighted by molar-refractivity contribution is -0.133. The highest BCUT2D eigenvalue weighted by Crippen LogP contribution is 2.32. The molecule has 1 saturated heterocycles. The summed E-state index contributed by atoms with van der Waals surface area (Å²) in [5.74, 6) is 0.426. The van der Waals surface area contributed by atoms with Crippen molar-refractivity contribution in [2.45, 2.75) is 59.0 Å². The minimum atomic E-state index is -0.800. The Balaban J connectivity index is 2.51. The summed E-state index contributed by atoms with van der Waals surface area (Å²) >= 11 is 0. The number of hydrogen-bond acceptors (Lipinski definition) is 3. The maximum Gasteiger partial charge on any atom is 0.226 e. The molecule has 0 saturated carbocycles. The molecule has 1 fully saturated rings. The van der Waals surface area contributed by atoms with Gasteiger partial charge in [-0.2, -0.15) is 0 Å².